The number of hydrogen-bond donors (Lipinski definition) is 3. The van der Waals surface area contributed by atoms with Crippen molar-refractivity contribution in [1.82, 2.24) is 15.2 Å². The fraction of sp³-hybridized carbons (Fsp3) is 0.522. The lowest BCUT2D eigenvalue weighted by Crippen LogP contribution is -2.53. The fourth-order valence-corrected chi connectivity index (χ4v) is 5.24. The van der Waals surface area contributed by atoms with Gasteiger partial charge in [0.2, 0.25) is 0 Å². The monoisotopic (exact) mass is 587 g/mol. The Balaban J connectivity index is 2.12. The second-order valence-electron chi connectivity index (χ2n) is 9.58. The first-order valence-corrected chi connectivity index (χ1v) is 12.5. The molecule has 2 aromatic rings. The number of likely N-dealkylation sites (tertiary alicyclic amines) is 1. The number of benzene rings is 1. The molecule has 3 N–H and O–H groups in total. The number of thiazole rings is 1. The van der Waals surface area contributed by atoms with Gasteiger partial charge in [0.15, 0.2) is 5.01 Å². The van der Waals surface area contributed by atoms with Gasteiger partial charge in [0.25, 0.3) is 17.4 Å². The third-order valence-corrected chi connectivity index (χ3v) is 7.37. The van der Waals surface area contributed by atoms with Crippen molar-refractivity contribution in [3.63, 3.8) is 0 Å². The molecule has 1 aliphatic heterocycles. The molecule has 0 saturated carbocycles. The molecule has 0 radical (unpaired) electrons. The van der Waals surface area contributed by atoms with Gasteiger partial charge < -0.3 is 20.4 Å². The summed E-state index contributed by atoms with van der Waals surface area (Å²) in [5, 5.41) is 21.1. The van der Waals surface area contributed by atoms with E-state index in [0.29, 0.717) is 42.9 Å². The van der Waals surface area contributed by atoms with Crippen molar-refractivity contribution in [2.24, 2.45) is 0 Å². The van der Waals surface area contributed by atoms with E-state index in [1.54, 1.807) is 6.92 Å². The van der Waals surface area contributed by atoms with Crippen LogP contribution in [0, 0.1) is 0 Å². The van der Waals surface area contributed by atoms with Gasteiger partial charge in [-0.3, -0.25) is 9.59 Å². The van der Waals surface area contributed by atoms with Crippen LogP contribution in [-0.2, 0) is 5.60 Å². The highest BCUT2D eigenvalue weighted by Gasteiger charge is 2.71. The molecule has 1 aromatic carbocycles. The van der Waals surface area contributed by atoms with Crippen molar-refractivity contribution in [3.8, 4) is 10.4 Å². The molecule has 7 nitrogen and oxygen atoms in total. The summed E-state index contributed by atoms with van der Waals surface area (Å²) in [6, 6.07) is 1.35. The van der Waals surface area contributed by atoms with Crippen molar-refractivity contribution in [3.05, 3.63) is 39.5 Å². The molecule has 38 heavy (non-hydrogen) atoms. The minimum Gasteiger partial charge on any atom is -0.389 e. The largest absolute Gasteiger partial charge is 0.430 e. The van der Waals surface area contributed by atoms with E-state index in [1.165, 1.54) is 18.7 Å². The zero-order valence-electron chi connectivity index (χ0n) is 20.3. The number of alkyl halides is 6. The van der Waals surface area contributed by atoms with Crippen LogP contribution < -0.4 is 5.32 Å². The number of nitrogens with zero attached hydrogens (tertiary/aromatic N) is 2. The quantitative estimate of drug-likeness (QED) is 0.417. The summed E-state index contributed by atoms with van der Waals surface area (Å²) in [5.41, 5.74) is -8.45. The molecule has 0 bridgehead atoms. The van der Waals surface area contributed by atoms with E-state index in [2.05, 4.69) is 10.3 Å². The van der Waals surface area contributed by atoms with Gasteiger partial charge in [-0.25, -0.2) is 4.98 Å². The van der Waals surface area contributed by atoms with E-state index in [-0.39, 0.29) is 33.7 Å². The van der Waals surface area contributed by atoms with Gasteiger partial charge in [-0.2, -0.15) is 26.3 Å². The SMILES string of the molecule is C[C@H]1CCCN1C(=O)c1nc(C(=O)NCC(C)(C)O)sc1-c1ccc(C(O)(C(F)(F)F)C(F)(F)F)cc1Cl. The highest BCUT2D eigenvalue weighted by molar-refractivity contribution is 7.17. The molecule has 3 rings (SSSR count). The van der Waals surface area contributed by atoms with E-state index >= 15 is 0 Å². The topological polar surface area (TPSA) is 103 Å². The fourth-order valence-electron chi connectivity index (χ4n) is 3.90. The van der Waals surface area contributed by atoms with Crippen molar-refractivity contribution in [2.45, 2.75) is 63.2 Å². The summed E-state index contributed by atoms with van der Waals surface area (Å²) >= 11 is 6.77. The molecule has 0 spiro atoms. The first kappa shape index (κ1) is 30.1. The van der Waals surface area contributed by atoms with Gasteiger partial charge in [-0.05, 0) is 39.7 Å². The molecule has 1 saturated heterocycles. The Bertz CT molecular complexity index is 1210. The van der Waals surface area contributed by atoms with Crippen molar-refractivity contribution >= 4 is 34.8 Å². The normalized spacial score (nSPS) is 17.2. The van der Waals surface area contributed by atoms with Crippen molar-refractivity contribution in [1.29, 1.82) is 0 Å². The number of nitrogens with one attached hydrogen (secondary N) is 1. The smallest absolute Gasteiger partial charge is 0.389 e. The molecule has 1 aliphatic rings. The van der Waals surface area contributed by atoms with E-state index in [1.807, 2.05) is 0 Å². The summed E-state index contributed by atoms with van der Waals surface area (Å²) in [4.78, 5) is 31.6. The Morgan fingerprint density at radius 3 is 2.24 bits per heavy atom. The van der Waals surface area contributed by atoms with E-state index < -0.39 is 46.0 Å². The minimum absolute atomic E-state index is 0.0541. The van der Waals surface area contributed by atoms with Crippen molar-refractivity contribution < 1.29 is 46.1 Å². The third-order valence-electron chi connectivity index (χ3n) is 5.97. The lowest BCUT2D eigenvalue weighted by atomic mass is 9.91. The number of aromatic nitrogens is 1. The van der Waals surface area contributed by atoms with Crippen LogP contribution >= 0.6 is 22.9 Å². The molecule has 0 aliphatic carbocycles. The molecular weight excluding hydrogens is 564 g/mol. The molecular formula is C23H24ClF6N3O4S. The predicted molar refractivity (Wildman–Crippen MR) is 127 cm³/mol. The van der Waals surface area contributed by atoms with Crippen LogP contribution in [0.2, 0.25) is 5.02 Å². The van der Waals surface area contributed by atoms with Crippen LogP contribution in [0.3, 0.4) is 0 Å². The molecule has 1 atom stereocenters. The van der Waals surface area contributed by atoms with Crippen LogP contribution in [0.4, 0.5) is 26.3 Å². The van der Waals surface area contributed by atoms with Gasteiger partial charge >= 0.3 is 12.4 Å². The van der Waals surface area contributed by atoms with Gasteiger partial charge in [0.1, 0.15) is 5.69 Å². The van der Waals surface area contributed by atoms with Gasteiger partial charge in [0.05, 0.1) is 10.5 Å². The summed E-state index contributed by atoms with van der Waals surface area (Å²) in [7, 11) is 0. The van der Waals surface area contributed by atoms with Crippen LogP contribution in [0.15, 0.2) is 18.2 Å². The molecule has 210 valence electrons. The maximum Gasteiger partial charge on any atom is 0.430 e. The summed E-state index contributed by atoms with van der Waals surface area (Å²) in [6.07, 6.45) is -10.8. The average Bonchev–Trinajstić information content (AvgIpc) is 3.41. The average molecular weight is 588 g/mol. The molecule has 1 aromatic heterocycles. The maximum atomic E-state index is 13.3. The number of carbonyl (C=O) groups excluding carboxylic acids is 2. The lowest BCUT2D eigenvalue weighted by Gasteiger charge is -2.32. The van der Waals surface area contributed by atoms with Gasteiger partial charge in [-0.1, -0.05) is 23.7 Å². The molecule has 2 amide bonds. The third kappa shape index (κ3) is 5.77. The Hall–Kier alpha value is -2.42. The van der Waals surface area contributed by atoms with Crippen molar-refractivity contribution in [2.75, 3.05) is 13.1 Å². The molecule has 15 heteroatoms. The maximum absolute atomic E-state index is 13.3. The van der Waals surface area contributed by atoms with Crippen LogP contribution in [-0.4, -0.2) is 69.0 Å². The lowest BCUT2D eigenvalue weighted by molar-refractivity contribution is -0.376. The number of halogens is 7. The van der Waals surface area contributed by atoms with E-state index in [9.17, 15) is 46.1 Å². The number of amides is 2. The zero-order valence-corrected chi connectivity index (χ0v) is 21.9. The second kappa shape index (κ2) is 10.3. The number of carbonyl (C=O) groups is 2. The first-order valence-electron chi connectivity index (χ1n) is 11.3. The number of rotatable bonds is 6. The van der Waals surface area contributed by atoms with E-state index in [0.717, 1.165) is 6.07 Å². The summed E-state index contributed by atoms with van der Waals surface area (Å²) in [5.74, 6) is -1.35. The van der Waals surface area contributed by atoms with Crippen LogP contribution in [0.5, 0.6) is 0 Å². The standard InChI is InChI=1S/C23H24ClF6N3O4S/c1-11-5-4-8-33(11)19(35)15-16(38-18(32-15)17(34)31-10-20(2,3)36)13-7-6-12(9-14(13)24)21(37,22(25,26)27)23(28,29)30/h6-7,9,11,36-37H,4-5,8,10H2,1-3H3,(H,31,34)/t11-/m0/s1. The number of hydrogen-bond acceptors (Lipinski definition) is 6. The summed E-state index contributed by atoms with van der Waals surface area (Å²) < 4.78 is 80.0. The Morgan fingerprint density at radius 1 is 1.16 bits per heavy atom. The Kier molecular flexibility index (Phi) is 8.15. The highest BCUT2D eigenvalue weighted by atomic mass is 35.5. The van der Waals surface area contributed by atoms with Gasteiger partial charge in [0, 0.05) is 35.3 Å². The molecule has 1 fully saturated rings. The summed E-state index contributed by atoms with van der Waals surface area (Å²) in [6.45, 7) is 4.89. The van der Waals surface area contributed by atoms with Crippen LogP contribution in [0.25, 0.3) is 10.4 Å². The Labute approximate surface area is 222 Å². The molecule has 2 heterocycles. The molecule has 0 unspecified atom stereocenters. The zero-order chi connectivity index (χ0) is 28.8. The predicted octanol–water partition coefficient (Wildman–Crippen LogP) is 4.90. The highest BCUT2D eigenvalue weighted by Crippen LogP contribution is 2.51. The van der Waals surface area contributed by atoms with E-state index in [4.69, 9.17) is 11.6 Å². The van der Waals surface area contributed by atoms with Gasteiger partial charge in [-0.15, -0.1) is 11.3 Å². The minimum atomic E-state index is -6.11. The first-order chi connectivity index (χ1) is 17.3. The van der Waals surface area contributed by atoms with Crippen LogP contribution in [0.1, 0.15) is 59.5 Å². The second-order valence-corrected chi connectivity index (χ2v) is 11.0. The Morgan fingerprint density at radius 2 is 1.76 bits per heavy atom. The number of aliphatic hydroxyl groups is 2.